The van der Waals surface area contributed by atoms with Crippen molar-refractivity contribution in [1.82, 2.24) is 46.6 Å². The number of nitrogens with one attached hydrogen (secondary N) is 6. The minimum Gasteiger partial charge on any atom is -0.480 e. The molecule has 418 valence electrons. The van der Waals surface area contributed by atoms with E-state index in [0.29, 0.717) is 39.3 Å². The van der Waals surface area contributed by atoms with Crippen molar-refractivity contribution in [2.24, 2.45) is 5.41 Å². The number of ether oxygens (including phenoxy) is 3. The molecular weight excluding hydrogens is 975 g/mol. The average molecular weight is 1060 g/mol. The number of aromatic amines is 1. The monoisotopic (exact) mass is 1060 g/mol. The number of H-pyrrole nitrogens is 1. The van der Waals surface area contributed by atoms with Gasteiger partial charge in [0.1, 0.15) is 23.7 Å². The van der Waals surface area contributed by atoms with Crippen LogP contribution in [-0.2, 0) is 69.0 Å². The van der Waals surface area contributed by atoms with Gasteiger partial charge in [0.2, 0.25) is 39.6 Å². The number of amides is 5. The van der Waals surface area contributed by atoms with E-state index in [4.69, 9.17) is 14.2 Å². The average Bonchev–Trinajstić information content (AvgIpc) is 3.85. The summed E-state index contributed by atoms with van der Waals surface area (Å²) < 4.78 is 43.0. The number of carboxylic acid groups (broad SMARTS) is 2. The van der Waals surface area contributed by atoms with Crippen LogP contribution in [0.15, 0.2) is 0 Å². The van der Waals surface area contributed by atoms with Gasteiger partial charge in [-0.1, -0.05) is 91.4 Å². The Kier molecular flexibility index (Phi) is 36.3. The fraction of sp³-hybridized carbons (Fsp3) is 0.812. The molecule has 2 atom stereocenters. The molecule has 0 aromatic carbocycles. The number of Topliss-reactive ketones (excluding diaryl/α,β-unsaturated/α-hetero) is 1. The summed E-state index contributed by atoms with van der Waals surface area (Å²) in [7, 11) is -3.92. The van der Waals surface area contributed by atoms with Gasteiger partial charge in [0.05, 0.1) is 45.4 Å². The fourth-order valence-corrected chi connectivity index (χ4v) is 8.18. The highest BCUT2D eigenvalue weighted by Crippen LogP contribution is 2.17. The second kappa shape index (κ2) is 40.3. The van der Waals surface area contributed by atoms with E-state index in [1.807, 2.05) is 20.8 Å². The van der Waals surface area contributed by atoms with Crippen molar-refractivity contribution in [3.8, 4) is 0 Å². The first-order valence-electron chi connectivity index (χ1n) is 25.9. The highest BCUT2D eigenvalue weighted by molar-refractivity contribution is 7.90. The normalized spacial score (nSPS) is 12.4. The standard InChI is InChI=1S/C48H85N9O15S/c1-48(2,3)39(58)27-30-70-32-34-72-35-33-71-31-29-50-42(60)25-23-37(46(64)65)52-44(62)26-24-38(47(66)67)51-43(61)21-17-28-49-41(59)22-18-36-73(68,69)55-45(63)20-16-14-12-10-8-6-4-5-7-9-11-13-15-19-40-53-56-57-54-40/h37-38H,4-36H2,1-3H3,(H,49,59)(H,50,60)(H,51,61)(H,52,62)(H,55,63)(H,64,65)(H,66,67)(H,53,54,56,57). The Labute approximate surface area is 430 Å². The summed E-state index contributed by atoms with van der Waals surface area (Å²) in [6.45, 7) is 7.48. The van der Waals surface area contributed by atoms with E-state index in [-0.39, 0.29) is 83.5 Å². The summed E-state index contributed by atoms with van der Waals surface area (Å²) in [4.78, 5) is 97.1. The number of aromatic nitrogens is 4. The zero-order chi connectivity index (χ0) is 54.2. The highest BCUT2D eigenvalue weighted by Gasteiger charge is 2.25. The first-order valence-corrected chi connectivity index (χ1v) is 27.5. The maximum atomic E-state index is 12.5. The predicted molar refractivity (Wildman–Crippen MR) is 268 cm³/mol. The topological polar surface area (TPSA) is 353 Å². The molecule has 0 aliphatic rings. The number of carboxylic acids is 2. The van der Waals surface area contributed by atoms with E-state index < -0.39 is 81.2 Å². The Hall–Kier alpha value is -5.14. The molecule has 0 saturated heterocycles. The van der Waals surface area contributed by atoms with Crippen molar-refractivity contribution in [3.05, 3.63) is 5.82 Å². The molecule has 73 heavy (non-hydrogen) atoms. The molecular formula is C48H85N9O15S. The summed E-state index contributed by atoms with van der Waals surface area (Å²) in [6, 6.07) is -2.90. The molecule has 0 radical (unpaired) electrons. The minimum absolute atomic E-state index is 0.0364. The molecule has 0 spiro atoms. The molecule has 1 aromatic rings. The lowest BCUT2D eigenvalue weighted by Gasteiger charge is -2.17. The lowest BCUT2D eigenvalue weighted by molar-refractivity contribution is -0.143. The smallest absolute Gasteiger partial charge is 0.326 e. The quantitative estimate of drug-likeness (QED) is 0.0435. The summed E-state index contributed by atoms with van der Waals surface area (Å²) in [5.41, 5.74) is -0.400. The Morgan fingerprint density at radius 3 is 1.52 bits per heavy atom. The second-order valence-corrected chi connectivity index (χ2v) is 20.8. The van der Waals surface area contributed by atoms with Crippen molar-refractivity contribution in [1.29, 1.82) is 0 Å². The number of ketones is 1. The highest BCUT2D eigenvalue weighted by atomic mass is 32.2. The third kappa shape index (κ3) is 38.2. The number of tetrazole rings is 1. The van der Waals surface area contributed by atoms with Crippen LogP contribution >= 0.6 is 0 Å². The SMILES string of the molecule is CC(C)(C)C(=O)CCOCCOCCOCCNC(=O)CCC(NC(=O)CCC(NC(=O)CCCNC(=O)CCCS(=O)(=O)NC(=O)CCCCCCCCCCCCCCCc1nnn[nH]1)C(=O)O)C(=O)O. The van der Waals surface area contributed by atoms with Gasteiger partial charge in [-0.25, -0.2) is 23.1 Å². The van der Waals surface area contributed by atoms with Crippen LogP contribution in [0.3, 0.4) is 0 Å². The molecule has 0 fully saturated rings. The lowest BCUT2D eigenvalue weighted by atomic mass is 9.89. The minimum atomic E-state index is -3.92. The van der Waals surface area contributed by atoms with Gasteiger partial charge in [-0.3, -0.25) is 33.5 Å². The summed E-state index contributed by atoms with van der Waals surface area (Å²) in [6.07, 6.45) is 14.1. The third-order valence-corrected chi connectivity index (χ3v) is 12.8. The van der Waals surface area contributed by atoms with E-state index in [2.05, 4.69) is 46.6 Å². The number of rotatable bonds is 47. The maximum absolute atomic E-state index is 12.5. The summed E-state index contributed by atoms with van der Waals surface area (Å²) >= 11 is 0. The Morgan fingerprint density at radius 2 is 0.986 bits per heavy atom. The van der Waals surface area contributed by atoms with E-state index in [1.165, 1.54) is 44.9 Å². The van der Waals surface area contributed by atoms with Gasteiger partial charge in [-0.15, -0.1) is 5.10 Å². The predicted octanol–water partition coefficient (Wildman–Crippen LogP) is 3.20. The number of carbonyl (C=O) groups excluding carboxylic acids is 6. The fourth-order valence-electron chi connectivity index (χ4n) is 7.10. The van der Waals surface area contributed by atoms with E-state index in [0.717, 1.165) is 44.3 Å². The van der Waals surface area contributed by atoms with E-state index >= 15 is 0 Å². The van der Waals surface area contributed by atoms with Gasteiger partial charge >= 0.3 is 11.9 Å². The number of hydrogen-bond acceptors (Lipinski definition) is 16. The number of aliphatic carboxylic acids is 2. The zero-order valence-electron chi connectivity index (χ0n) is 43.4. The Bertz CT molecular complexity index is 1870. The molecule has 0 saturated carbocycles. The van der Waals surface area contributed by atoms with Crippen molar-refractivity contribution in [2.45, 2.75) is 187 Å². The van der Waals surface area contributed by atoms with Crippen molar-refractivity contribution >= 4 is 57.3 Å². The van der Waals surface area contributed by atoms with Gasteiger partial charge in [0.15, 0.2) is 0 Å². The molecule has 0 bridgehead atoms. The van der Waals surface area contributed by atoms with Crippen LogP contribution in [0, 0.1) is 5.41 Å². The maximum Gasteiger partial charge on any atom is 0.326 e. The van der Waals surface area contributed by atoms with E-state index in [9.17, 15) is 57.0 Å². The lowest BCUT2D eigenvalue weighted by Crippen LogP contribution is -2.44. The van der Waals surface area contributed by atoms with Crippen molar-refractivity contribution in [3.63, 3.8) is 0 Å². The largest absolute Gasteiger partial charge is 0.480 e. The van der Waals surface area contributed by atoms with Crippen LogP contribution in [0.2, 0.25) is 0 Å². The second-order valence-electron chi connectivity index (χ2n) is 18.9. The molecule has 1 rings (SSSR count). The Balaban J connectivity index is 2.11. The number of unbranched alkanes of at least 4 members (excludes halogenated alkanes) is 12. The van der Waals surface area contributed by atoms with Crippen LogP contribution < -0.4 is 26.0 Å². The molecule has 5 amide bonds. The number of aryl methyl sites for hydroxylation is 1. The summed E-state index contributed by atoms with van der Waals surface area (Å²) in [5, 5.41) is 42.7. The molecule has 24 nitrogen and oxygen atoms in total. The molecule has 1 aromatic heterocycles. The third-order valence-electron chi connectivity index (χ3n) is 11.4. The number of carbonyl (C=O) groups is 8. The van der Waals surface area contributed by atoms with Crippen LogP contribution in [0.25, 0.3) is 0 Å². The first-order chi connectivity index (χ1) is 34.8. The molecule has 8 N–H and O–H groups in total. The zero-order valence-corrected chi connectivity index (χ0v) is 44.3. The van der Waals surface area contributed by atoms with Crippen LogP contribution in [0.1, 0.15) is 174 Å². The van der Waals surface area contributed by atoms with Gasteiger partial charge in [0.25, 0.3) is 0 Å². The number of nitrogens with zero attached hydrogens (tertiary/aromatic N) is 3. The molecule has 2 unspecified atom stereocenters. The van der Waals surface area contributed by atoms with Gasteiger partial charge in [-0.2, -0.15) is 0 Å². The molecule has 0 aliphatic carbocycles. The van der Waals surface area contributed by atoms with Crippen molar-refractivity contribution < 1.29 is 71.2 Å². The van der Waals surface area contributed by atoms with Crippen molar-refractivity contribution in [2.75, 3.05) is 58.5 Å². The van der Waals surface area contributed by atoms with Gasteiger partial charge < -0.3 is 45.7 Å². The molecule has 25 heteroatoms. The summed E-state index contributed by atoms with van der Waals surface area (Å²) in [5.74, 6) is -5.25. The first kappa shape index (κ1) is 65.9. The van der Waals surface area contributed by atoms with Crippen LogP contribution in [0.5, 0.6) is 0 Å². The molecule has 0 aliphatic heterocycles. The van der Waals surface area contributed by atoms with Gasteiger partial charge in [-0.05, 0) is 49.0 Å². The van der Waals surface area contributed by atoms with Crippen LogP contribution in [0.4, 0.5) is 0 Å². The van der Waals surface area contributed by atoms with E-state index in [1.54, 1.807) is 0 Å². The van der Waals surface area contributed by atoms with Crippen LogP contribution in [-0.4, -0.2) is 157 Å². The van der Waals surface area contributed by atoms with Gasteiger partial charge in [0, 0.05) is 63.5 Å². The Morgan fingerprint density at radius 1 is 0.534 bits per heavy atom. The number of hydrogen-bond donors (Lipinski definition) is 8. The molecule has 1 heterocycles. The number of sulfonamides is 1.